The molecule has 0 saturated carbocycles. The topological polar surface area (TPSA) is 56.9 Å². The first-order valence-electron chi connectivity index (χ1n) is 5.61. The first-order valence-corrected chi connectivity index (χ1v) is 6.40. The van der Waals surface area contributed by atoms with Gasteiger partial charge in [-0.2, -0.15) is 0 Å². The van der Waals surface area contributed by atoms with Gasteiger partial charge in [0.05, 0.1) is 0 Å². The van der Waals surface area contributed by atoms with E-state index in [1.807, 2.05) is 0 Å². The number of H-pyrrole nitrogens is 1. The Kier molecular flexibility index (Phi) is 4.01. The van der Waals surface area contributed by atoms with E-state index in [1.165, 1.54) is 12.8 Å². The molecule has 1 fully saturated rings. The number of aromatic nitrogens is 1. The van der Waals surface area contributed by atoms with Gasteiger partial charge in [0.1, 0.15) is 5.69 Å². The molecule has 2 rings (SSSR count). The van der Waals surface area contributed by atoms with Crippen LogP contribution < -0.4 is 10.6 Å². The Morgan fingerprint density at radius 2 is 2.50 bits per heavy atom. The molecule has 88 valence electrons. The number of hydrogen-bond acceptors (Lipinski definition) is 2. The van der Waals surface area contributed by atoms with Gasteiger partial charge in [-0.05, 0) is 47.8 Å². The molecule has 0 unspecified atom stereocenters. The van der Waals surface area contributed by atoms with E-state index in [0.717, 1.165) is 24.0 Å². The molecule has 0 aliphatic carbocycles. The van der Waals surface area contributed by atoms with Gasteiger partial charge in [-0.3, -0.25) is 4.79 Å². The second-order valence-electron chi connectivity index (χ2n) is 4.07. The zero-order valence-corrected chi connectivity index (χ0v) is 10.6. The van der Waals surface area contributed by atoms with E-state index < -0.39 is 0 Å². The Bertz CT molecular complexity index is 358. The minimum absolute atomic E-state index is 0.0382. The van der Waals surface area contributed by atoms with Gasteiger partial charge in [0.25, 0.3) is 5.91 Å². The van der Waals surface area contributed by atoms with Crippen LogP contribution in [0.15, 0.2) is 16.7 Å². The predicted molar refractivity (Wildman–Crippen MR) is 66.5 cm³/mol. The van der Waals surface area contributed by atoms with E-state index in [9.17, 15) is 4.79 Å². The summed E-state index contributed by atoms with van der Waals surface area (Å²) in [5, 5.41) is 6.32. The van der Waals surface area contributed by atoms with E-state index in [4.69, 9.17) is 0 Å². The minimum atomic E-state index is -0.0382. The Hall–Kier alpha value is -0.810. The van der Waals surface area contributed by atoms with E-state index in [2.05, 4.69) is 31.5 Å². The van der Waals surface area contributed by atoms with Gasteiger partial charge in [0.15, 0.2) is 0 Å². The normalized spacial score (nSPS) is 19.9. The smallest absolute Gasteiger partial charge is 0.267 e. The molecule has 5 heteroatoms. The molecule has 0 aromatic carbocycles. The molecule has 3 N–H and O–H groups in total. The summed E-state index contributed by atoms with van der Waals surface area (Å²) >= 11 is 3.30. The molecule has 16 heavy (non-hydrogen) atoms. The second kappa shape index (κ2) is 5.50. The highest BCUT2D eigenvalue weighted by atomic mass is 79.9. The van der Waals surface area contributed by atoms with Crippen LogP contribution in [0.3, 0.4) is 0 Å². The minimum Gasteiger partial charge on any atom is -0.356 e. The third kappa shape index (κ3) is 3.09. The number of aromatic amines is 1. The average molecular weight is 286 g/mol. The van der Waals surface area contributed by atoms with Gasteiger partial charge in [-0.15, -0.1) is 0 Å². The molecule has 1 aliphatic rings. The standard InChI is InChI=1S/C11H16BrN3O/c12-8-6-10(15-7-8)11(16)14-5-3-9-2-1-4-13-9/h6-7,9,13,15H,1-5H2,(H,14,16)/t9-/m0/s1. The fourth-order valence-corrected chi connectivity index (χ4v) is 2.30. The van der Waals surface area contributed by atoms with Crippen LogP contribution in [-0.2, 0) is 0 Å². The van der Waals surface area contributed by atoms with Crippen LogP contribution in [0.5, 0.6) is 0 Å². The summed E-state index contributed by atoms with van der Waals surface area (Å²) in [6.45, 7) is 1.84. The third-order valence-electron chi connectivity index (χ3n) is 2.83. The molecular weight excluding hydrogens is 270 g/mol. The molecule has 0 spiro atoms. The Morgan fingerprint density at radius 1 is 1.62 bits per heavy atom. The van der Waals surface area contributed by atoms with Crippen LogP contribution in [0.25, 0.3) is 0 Å². The van der Waals surface area contributed by atoms with Gasteiger partial charge in [0, 0.05) is 23.3 Å². The largest absolute Gasteiger partial charge is 0.356 e. The first-order chi connectivity index (χ1) is 7.75. The second-order valence-corrected chi connectivity index (χ2v) is 4.99. The lowest BCUT2D eigenvalue weighted by Crippen LogP contribution is -2.30. The van der Waals surface area contributed by atoms with Crippen LogP contribution >= 0.6 is 15.9 Å². The van der Waals surface area contributed by atoms with Gasteiger partial charge in [-0.1, -0.05) is 0 Å². The molecule has 1 aliphatic heterocycles. The maximum atomic E-state index is 11.6. The van der Waals surface area contributed by atoms with E-state index >= 15 is 0 Å². The highest BCUT2D eigenvalue weighted by Crippen LogP contribution is 2.11. The molecule has 1 atom stereocenters. The Labute approximate surface area is 103 Å². The maximum absolute atomic E-state index is 11.6. The van der Waals surface area contributed by atoms with Crippen molar-refractivity contribution in [1.29, 1.82) is 0 Å². The SMILES string of the molecule is O=C(NCC[C@@H]1CCCN1)c1cc(Br)c[nH]1. The molecule has 1 aromatic rings. The van der Waals surface area contributed by atoms with Crippen molar-refractivity contribution < 1.29 is 4.79 Å². The quantitative estimate of drug-likeness (QED) is 0.788. The molecule has 2 heterocycles. The van der Waals surface area contributed by atoms with Crippen molar-refractivity contribution in [1.82, 2.24) is 15.6 Å². The molecule has 1 aromatic heterocycles. The molecule has 4 nitrogen and oxygen atoms in total. The lowest BCUT2D eigenvalue weighted by molar-refractivity contribution is 0.0948. The van der Waals surface area contributed by atoms with Gasteiger partial charge in [0.2, 0.25) is 0 Å². The van der Waals surface area contributed by atoms with Crippen LogP contribution in [0.2, 0.25) is 0 Å². The van der Waals surface area contributed by atoms with Gasteiger partial charge in [-0.25, -0.2) is 0 Å². The zero-order chi connectivity index (χ0) is 11.4. The van der Waals surface area contributed by atoms with Crippen molar-refractivity contribution in [2.24, 2.45) is 0 Å². The van der Waals surface area contributed by atoms with Crippen molar-refractivity contribution >= 4 is 21.8 Å². The monoisotopic (exact) mass is 285 g/mol. The lowest BCUT2D eigenvalue weighted by Gasteiger charge is -2.10. The van der Waals surface area contributed by atoms with Gasteiger partial charge < -0.3 is 15.6 Å². The first kappa shape index (κ1) is 11.7. The number of carbonyl (C=O) groups is 1. The van der Waals surface area contributed by atoms with Crippen molar-refractivity contribution in [3.8, 4) is 0 Å². The van der Waals surface area contributed by atoms with E-state index in [1.54, 1.807) is 12.3 Å². The molecule has 1 amide bonds. The summed E-state index contributed by atoms with van der Waals surface area (Å²) in [5.41, 5.74) is 0.603. The van der Waals surface area contributed by atoms with Crippen molar-refractivity contribution in [2.75, 3.05) is 13.1 Å². The highest BCUT2D eigenvalue weighted by molar-refractivity contribution is 9.10. The number of nitrogens with one attached hydrogen (secondary N) is 3. The Morgan fingerprint density at radius 3 is 3.12 bits per heavy atom. The number of amides is 1. The molecule has 0 radical (unpaired) electrons. The highest BCUT2D eigenvalue weighted by Gasteiger charge is 2.14. The van der Waals surface area contributed by atoms with E-state index in [0.29, 0.717) is 11.7 Å². The molecule has 1 saturated heterocycles. The van der Waals surface area contributed by atoms with Crippen LogP contribution in [0, 0.1) is 0 Å². The summed E-state index contributed by atoms with van der Waals surface area (Å²) in [6.07, 6.45) is 5.24. The van der Waals surface area contributed by atoms with Crippen molar-refractivity contribution in [3.63, 3.8) is 0 Å². The lowest BCUT2D eigenvalue weighted by atomic mass is 10.1. The van der Waals surface area contributed by atoms with Gasteiger partial charge >= 0.3 is 0 Å². The number of hydrogen-bond donors (Lipinski definition) is 3. The fourth-order valence-electron chi connectivity index (χ4n) is 1.96. The number of halogens is 1. The predicted octanol–water partition coefficient (Wildman–Crippen LogP) is 1.65. The van der Waals surface area contributed by atoms with Crippen LogP contribution in [0.4, 0.5) is 0 Å². The van der Waals surface area contributed by atoms with E-state index in [-0.39, 0.29) is 5.91 Å². The average Bonchev–Trinajstić information content (AvgIpc) is 2.89. The van der Waals surface area contributed by atoms with Crippen LogP contribution in [-0.4, -0.2) is 30.0 Å². The van der Waals surface area contributed by atoms with Crippen LogP contribution in [0.1, 0.15) is 29.8 Å². The molecular formula is C11H16BrN3O. The summed E-state index contributed by atoms with van der Waals surface area (Å²) in [5.74, 6) is -0.0382. The number of carbonyl (C=O) groups excluding carboxylic acids is 1. The Balaban J connectivity index is 1.71. The third-order valence-corrected chi connectivity index (χ3v) is 3.29. The van der Waals surface area contributed by atoms with Crippen molar-refractivity contribution in [2.45, 2.75) is 25.3 Å². The summed E-state index contributed by atoms with van der Waals surface area (Å²) in [7, 11) is 0. The number of rotatable bonds is 4. The summed E-state index contributed by atoms with van der Waals surface area (Å²) in [4.78, 5) is 14.6. The fraction of sp³-hybridized carbons (Fsp3) is 0.545. The summed E-state index contributed by atoms with van der Waals surface area (Å²) < 4.78 is 0.898. The zero-order valence-electron chi connectivity index (χ0n) is 9.05. The summed E-state index contributed by atoms with van der Waals surface area (Å²) in [6, 6.07) is 2.36. The maximum Gasteiger partial charge on any atom is 0.267 e. The van der Waals surface area contributed by atoms with Crippen molar-refractivity contribution in [3.05, 3.63) is 22.4 Å². The molecule has 0 bridgehead atoms.